The summed E-state index contributed by atoms with van der Waals surface area (Å²) in [6.45, 7) is 6.75. The molecule has 0 aliphatic carbocycles. The van der Waals surface area contributed by atoms with E-state index in [2.05, 4.69) is 30.7 Å². The molecule has 1 N–H and O–H groups in total. The maximum absolute atomic E-state index is 5.82. The Bertz CT molecular complexity index is 742. The van der Waals surface area contributed by atoms with Crippen LogP contribution in [0, 0.1) is 20.8 Å². The van der Waals surface area contributed by atoms with E-state index in [0.29, 0.717) is 6.61 Å². The van der Waals surface area contributed by atoms with Gasteiger partial charge in [0.05, 0.1) is 5.52 Å². The number of aromatic nitrogens is 2. The van der Waals surface area contributed by atoms with Crippen molar-refractivity contribution in [1.29, 1.82) is 0 Å². The minimum absolute atomic E-state index is 0.472. The third kappa shape index (κ3) is 2.27. The van der Waals surface area contributed by atoms with Gasteiger partial charge in [0.1, 0.15) is 18.1 Å². The average molecular weight is 266 g/mol. The normalized spacial score (nSPS) is 10.9. The van der Waals surface area contributed by atoms with E-state index < -0.39 is 0 Å². The summed E-state index contributed by atoms with van der Waals surface area (Å²) >= 11 is 0. The molecular weight excluding hydrogens is 248 g/mol. The number of aromatic amines is 1. The van der Waals surface area contributed by atoms with Crippen LogP contribution in [0.1, 0.15) is 22.5 Å². The molecular formula is C17H18N2O. The number of rotatable bonds is 3. The van der Waals surface area contributed by atoms with Crippen LogP contribution in [-0.2, 0) is 6.61 Å². The Kier molecular flexibility index (Phi) is 3.18. The molecule has 1 aromatic carbocycles. The molecule has 0 atom stereocenters. The average Bonchev–Trinajstić information content (AvgIpc) is 2.75. The lowest BCUT2D eigenvalue weighted by Crippen LogP contribution is -1.99. The summed E-state index contributed by atoms with van der Waals surface area (Å²) in [6.07, 6.45) is 1.84. The predicted octanol–water partition coefficient (Wildman–Crippen LogP) is 4.07. The number of nitrogens with one attached hydrogen (secondary N) is 1. The number of H-pyrrole nitrogens is 1. The fourth-order valence-electron chi connectivity index (χ4n) is 2.34. The van der Waals surface area contributed by atoms with Gasteiger partial charge in [0.15, 0.2) is 0 Å². The van der Waals surface area contributed by atoms with Crippen molar-refractivity contribution in [3.63, 3.8) is 0 Å². The predicted molar refractivity (Wildman–Crippen MR) is 81.1 cm³/mol. The van der Waals surface area contributed by atoms with E-state index in [1.54, 1.807) is 0 Å². The van der Waals surface area contributed by atoms with Crippen LogP contribution in [0.4, 0.5) is 0 Å². The molecule has 3 rings (SSSR count). The maximum Gasteiger partial charge on any atom is 0.132 e. The zero-order valence-corrected chi connectivity index (χ0v) is 12.0. The van der Waals surface area contributed by atoms with Gasteiger partial charge in [-0.2, -0.15) is 0 Å². The second-order valence-corrected chi connectivity index (χ2v) is 5.16. The van der Waals surface area contributed by atoms with Crippen LogP contribution in [0.25, 0.3) is 10.9 Å². The van der Waals surface area contributed by atoms with E-state index in [4.69, 9.17) is 4.74 Å². The lowest BCUT2D eigenvalue weighted by atomic mass is 10.2. The minimum atomic E-state index is 0.472. The molecule has 3 heteroatoms. The van der Waals surface area contributed by atoms with Gasteiger partial charge < -0.3 is 9.72 Å². The van der Waals surface area contributed by atoms with Crippen LogP contribution in [-0.4, -0.2) is 9.97 Å². The molecule has 0 amide bonds. The monoisotopic (exact) mass is 266 g/mol. The van der Waals surface area contributed by atoms with Gasteiger partial charge in [-0.15, -0.1) is 0 Å². The topological polar surface area (TPSA) is 37.9 Å². The van der Waals surface area contributed by atoms with Crippen LogP contribution in [0.3, 0.4) is 0 Å². The SMILES string of the molecule is Cc1ccc(OCc2nccc3c(C)c(C)[nH]c23)cc1. The molecule has 102 valence electrons. The van der Waals surface area contributed by atoms with Gasteiger partial charge in [-0.25, -0.2) is 0 Å². The molecule has 20 heavy (non-hydrogen) atoms. The fraction of sp³-hybridized carbons (Fsp3) is 0.235. The van der Waals surface area contributed by atoms with Crippen LogP contribution < -0.4 is 4.74 Å². The summed E-state index contributed by atoms with van der Waals surface area (Å²) in [6, 6.07) is 10.1. The van der Waals surface area contributed by atoms with Gasteiger partial charge in [-0.05, 0) is 44.5 Å². The smallest absolute Gasteiger partial charge is 0.132 e. The van der Waals surface area contributed by atoms with Crippen molar-refractivity contribution in [2.24, 2.45) is 0 Å². The van der Waals surface area contributed by atoms with E-state index in [-0.39, 0.29) is 0 Å². The Labute approximate surface area is 118 Å². The standard InChI is InChI=1S/C17H18N2O/c1-11-4-6-14(7-5-11)20-10-16-17-15(8-9-18-16)12(2)13(3)19-17/h4-9,19H,10H2,1-3H3. The summed E-state index contributed by atoms with van der Waals surface area (Å²) in [5, 5.41) is 1.22. The van der Waals surface area contributed by atoms with Gasteiger partial charge in [-0.3, -0.25) is 4.98 Å². The Morgan fingerprint density at radius 1 is 1.05 bits per heavy atom. The van der Waals surface area contributed by atoms with Crippen molar-refractivity contribution < 1.29 is 4.74 Å². The number of nitrogens with zero attached hydrogens (tertiary/aromatic N) is 1. The van der Waals surface area contributed by atoms with E-state index >= 15 is 0 Å². The Morgan fingerprint density at radius 2 is 1.80 bits per heavy atom. The summed E-state index contributed by atoms with van der Waals surface area (Å²) in [4.78, 5) is 7.84. The zero-order valence-electron chi connectivity index (χ0n) is 12.0. The van der Waals surface area contributed by atoms with Crippen molar-refractivity contribution in [3.05, 3.63) is 59.0 Å². The molecule has 0 unspecified atom stereocenters. The molecule has 3 aromatic rings. The van der Waals surface area contributed by atoms with Crippen molar-refractivity contribution >= 4 is 10.9 Å². The molecule has 0 aliphatic heterocycles. The van der Waals surface area contributed by atoms with Crippen LogP contribution in [0.15, 0.2) is 36.5 Å². The van der Waals surface area contributed by atoms with E-state index in [1.165, 1.54) is 22.2 Å². The van der Waals surface area contributed by atoms with E-state index in [9.17, 15) is 0 Å². The van der Waals surface area contributed by atoms with Crippen molar-refractivity contribution in [2.45, 2.75) is 27.4 Å². The second-order valence-electron chi connectivity index (χ2n) is 5.16. The zero-order chi connectivity index (χ0) is 14.1. The van der Waals surface area contributed by atoms with E-state index in [1.807, 2.05) is 36.5 Å². The third-order valence-corrected chi connectivity index (χ3v) is 3.71. The third-order valence-electron chi connectivity index (χ3n) is 3.71. The first-order chi connectivity index (χ1) is 9.65. The Balaban J connectivity index is 1.87. The molecule has 2 aromatic heterocycles. The fourth-order valence-corrected chi connectivity index (χ4v) is 2.34. The lowest BCUT2D eigenvalue weighted by Gasteiger charge is -2.07. The summed E-state index contributed by atoms with van der Waals surface area (Å²) in [7, 11) is 0. The summed E-state index contributed by atoms with van der Waals surface area (Å²) in [5.41, 5.74) is 5.71. The minimum Gasteiger partial charge on any atom is -0.487 e. The lowest BCUT2D eigenvalue weighted by molar-refractivity contribution is 0.303. The molecule has 0 saturated heterocycles. The number of pyridine rings is 1. The van der Waals surface area contributed by atoms with Gasteiger partial charge in [0.25, 0.3) is 0 Å². The number of ether oxygens (including phenoxy) is 1. The highest BCUT2D eigenvalue weighted by atomic mass is 16.5. The molecule has 0 aliphatic rings. The highest BCUT2D eigenvalue weighted by Crippen LogP contribution is 2.23. The highest BCUT2D eigenvalue weighted by molar-refractivity contribution is 5.85. The largest absolute Gasteiger partial charge is 0.487 e. The van der Waals surface area contributed by atoms with Gasteiger partial charge in [0, 0.05) is 17.3 Å². The first kappa shape index (κ1) is 12.7. The quantitative estimate of drug-likeness (QED) is 0.776. The summed E-state index contributed by atoms with van der Waals surface area (Å²) in [5.74, 6) is 0.870. The highest BCUT2D eigenvalue weighted by Gasteiger charge is 2.09. The number of hydrogen-bond donors (Lipinski definition) is 1. The number of benzene rings is 1. The van der Waals surface area contributed by atoms with Gasteiger partial charge in [0.2, 0.25) is 0 Å². The van der Waals surface area contributed by atoms with Gasteiger partial charge in [-0.1, -0.05) is 17.7 Å². The first-order valence-electron chi connectivity index (χ1n) is 6.77. The molecule has 2 heterocycles. The molecule has 3 nitrogen and oxygen atoms in total. The van der Waals surface area contributed by atoms with Crippen LogP contribution >= 0.6 is 0 Å². The maximum atomic E-state index is 5.82. The Hall–Kier alpha value is -2.29. The van der Waals surface area contributed by atoms with Crippen molar-refractivity contribution in [2.75, 3.05) is 0 Å². The van der Waals surface area contributed by atoms with Gasteiger partial charge >= 0.3 is 0 Å². The number of aryl methyl sites for hydroxylation is 3. The molecule has 0 radical (unpaired) electrons. The molecule has 0 saturated carbocycles. The van der Waals surface area contributed by atoms with Crippen LogP contribution in [0.2, 0.25) is 0 Å². The van der Waals surface area contributed by atoms with Crippen molar-refractivity contribution in [1.82, 2.24) is 9.97 Å². The van der Waals surface area contributed by atoms with Crippen LogP contribution in [0.5, 0.6) is 5.75 Å². The molecule has 0 bridgehead atoms. The van der Waals surface area contributed by atoms with Crippen molar-refractivity contribution in [3.8, 4) is 5.75 Å². The molecule has 0 spiro atoms. The first-order valence-corrected chi connectivity index (χ1v) is 6.77. The van der Waals surface area contributed by atoms with E-state index in [0.717, 1.165) is 17.0 Å². The molecule has 0 fully saturated rings. The second kappa shape index (κ2) is 5.00. The summed E-state index contributed by atoms with van der Waals surface area (Å²) < 4.78 is 5.82. The number of hydrogen-bond acceptors (Lipinski definition) is 2. The Morgan fingerprint density at radius 3 is 2.55 bits per heavy atom. The number of fused-ring (bicyclic) bond motifs is 1.